The molecule has 0 radical (unpaired) electrons. The van der Waals surface area contributed by atoms with Crippen LogP contribution in [0.3, 0.4) is 0 Å². The summed E-state index contributed by atoms with van der Waals surface area (Å²) in [4.78, 5) is 13.3. The van der Waals surface area contributed by atoms with Gasteiger partial charge >= 0.3 is 7.25 Å². The van der Waals surface area contributed by atoms with E-state index in [0.29, 0.717) is 5.56 Å². The zero-order chi connectivity index (χ0) is 27.8. The summed E-state index contributed by atoms with van der Waals surface area (Å²) in [6.07, 6.45) is 4.37. The fourth-order valence-electron chi connectivity index (χ4n) is 4.21. The lowest BCUT2D eigenvalue weighted by atomic mass is 9.92. The number of hydrazine groups is 1. The van der Waals surface area contributed by atoms with E-state index in [4.69, 9.17) is 0 Å². The van der Waals surface area contributed by atoms with Crippen LogP contribution >= 0.6 is 0 Å². The van der Waals surface area contributed by atoms with Gasteiger partial charge < -0.3 is 17.3 Å². The van der Waals surface area contributed by atoms with Crippen molar-refractivity contribution in [1.29, 1.82) is 0 Å². The molecule has 0 fully saturated rings. The monoisotopic (exact) mass is 529 g/mol. The quantitative estimate of drug-likeness (QED) is 0.209. The normalized spacial score (nSPS) is 14.9. The standard InChI is InChI=1S/C31H26N2O.BF4/c1-23-17-19-27(20-18-23)31(34)32-33-29(25-13-7-3-8-14-25)21-28(24-11-5-2-6-12-24)22-30(33)26-15-9-4-10-16-26;2-1(3,4)5/h2-22,29H,1H3,(H,32,34);/q;-1. The predicted octanol–water partition coefficient (Wildman–Crippen LogP) is 8.12. The van der Waals surface area contributed by atoms with E-state index in [0.717, 1.165) is 33.5 Å². The second-order valence-electron chi connectivity index (χ2n) is 8.91. The highest BCUT2D eigenvalue weighted by molar-refractivity contribution is 6.50. The molecule has 4 aromatic rings. The Morgan fingerprint density at radius 3 is 1.74 bits per heavy atom. The first-order valence-electron chi connectivity index (χ1n) is 12.3. The van der Waals surface area contributed by atoms with Gasteiger partial charge in [0.05, 0.1) is 11.7 Å². The number of rotatable bonds is 5. The van der Waals surface area contributed by atoms with Crippen LogP contribution in [0, 0.1) is 6.92 Å². The zero-order valence-corrected chi connectivity index (χ0v) is 21.1. The van der Waals surface area contributed by atoms with Gasteiger partial charge in [-0.25, -0.2) is 0 Å². The first-order valence-corrected chi connectivity index (χ1v) is 12.3. The highest BCUT2D eigenvalue weighted by Crippen LogP contribution is 2.38. The molecule has 1 aliphatic rings. The van der Waals surface area contributed by atoms with E-state index in [1.807, 2.05) is 78.7 Å². The molecule has 0 saturated carbocycles. The highest BCUT2D eigenvalue weighted by Gasteiger charge is 2.28. The number of hydrogen-bond donors (Lipinski definition) is 1. The summed E-state index contributed by atoms with van der Waals surface area (Å²) in [5.41, 5.74) is 10.3. The van der Waals surface area contributed by atoms with Crippen molar-refractivity contribution < 1.29 is 22.1 Å². The molecular weight excluding hydrogens is 503 g/mol. The second-order valence-corrected chi connectivity index (χ2v) is 8.91. The Balaban J connectivity index is 0.000000648. The minimum atomic E-state index is -6.00. The van der Waals surface area contributed by atoms with Crippen LogP contribution in [0.2, 0.25) is 0 Å². The lowest BCUT2D eigenvalue weighted by Gasteiger charge is -2.37. The summed E-state index contributed by atoms with van der Waals surface area (Å²) in [5, 5.41) is 1.99. The maximum Gasteiger partial charge on any atom is 0.673 e. The third kappa shape index (κ3) is 7.71. The predicted molar refractivity (Wildman–Crippen MR) is 149 cm³/mol. The molecule has 0 bridgehead atoms. The molecule has 8 heteroatoms. The minimum Gasteiger partial charge on any atom is -0.418 e. The number of amides is 1. The minimum absolute atomic E-state index is 0.140. The zero-order valence-electron chi connectivity index (χ0n) is 21.1. The van der Waals surface area contributed by atoms with E-state index in [2.05, 4.69) is 66.1 Å². The van der Waals surface area contributed by atoms with Gasteiger partial charge in [-0.1, -0.05) is 109 Å². The molecule has 1 atom stereocenters. The molecule has 1 amide bonds. The van der Waals surface area contributed by atoms with Crippen LogP contribution in [0.1, 0.15) is 38.7 Å². The molecule has 3 nitrogen and oxygen atoms in total. The number of aryl methyl sites for hydroxylation is 1. The second kappa shape index (κ2) is 12.3. The van der Waals surface area contributed by atoms with E-state index in [1.165, 1.54) is 0 Å². The maximum absolute atomic E-state index is 13.3. The molecule has 0 aromatic heterocycles. The molecule has 1 heterocycles. The van der Waals surface area contributed by atoms with Gasteiger partial charge in [0.2, 0.25) is 0 Å². The highest BCUT2D eigenvalue weighted by atomic mass is 19.5. The van der Waals surface area contributed by atoms with Crippen molar-refractivity contribution in [2.45, 2.75) is 13.0 Å². The molecule has 39 heavy (non-hydrogen) atoms. The number of allylic oxidation sites excluding steroid dienone is 2. The molecule has 0 saturated heterocycles. The van der Waals surface area contributed by atoms with E-state index < -0.39 is 7.25 Å². The lowest BCUT2D eigenvalue weighted by molar-refractivity contribution is 0.0837. The van der Waals surface area contributed by atoms with Crippen molar-refractivity contribution in [3.63, 3.8) is 0 Å². The number of carbonyl (C=O) groups is 1. The number of hydrogen-bond acceptors (Lipinski definition) is 2. The summed E-state index contributed by atoms with van der Waals surface area (Å²) < 4.78 is 39.0. The SMILES string of the molecule is Cc1ccc(C(=O)NN2C(c3ccccc3)=CC(c3ccccc3)=CC2c2ccccc2)cc1.F[B-](F)(F)F. The van der Waals surface area contributed by atoms with Gasteiger partial charge in [0.15, 0.2) is 0 Å². The van der Waals surface area contributed by atoms with Gasteiger partial charge in [0, 0.05) is 5.56 Å². The Labute approximate surface area is 225 Å². The molecule has 5 rings (SSSR count). The number of nitrogens with zero attached hydrogens (tertiary/aromatic N) is 1. The van der Waals surface area contributed by atoms with Crippen molar-refractivity contribution in [2.75, 3.05) is 0 Å². The summed E-state index contributed by atoms with van der Waals surface area (Å²) in [6, 6.07) is 38.3. The Hall–Kier alpha value is -4.59. The van der Waals surface area contributed by atoms with Crippen molar-refractivity contribution >= 4 is 24.4 Å². The topological polar surface area (TPSA) is 32.3 Å². The van der Waals surface area contributed by atoms with Gasteiger partial charge in [-0.3, -0.25) is 15.2 Å². The first kappa shape index (κ1) is 27.4. The maximum atomic E-state index is 13.3. The average Bonchev–Trinajstić information content (AvgIpc) is 2.94. The average molecular weight is 529 g/mol. The van der Waals surface area contributed by atoms with Crippen LogP contribution in [0.4, 0.5) is 17.3 Å². The molecule has 1 unspecified atom stereocenters. The van der Waals surface area contributed by atoms with Crippen molar-refractivity contribution in [3.05, 3.63) is 155 Å². The van der Waals surface area contributed by atoms with Crippen LogP contribution in [0.5, 0.6) is 0 Å². The fourth-order valence-corrected chi connectivity index (χ4v) is 4.21. The molecule has 0 aliphatic carbocycles. The van der Waals surface area contributed by atoms with Gasteiger partial charge in [-0.2, -0.15) is 0 Å². The van der Waals surface area contributed by atoms with Crippen molar-refractivity contribution in [1.82, 2.24) is 10.4 Å². The summed E-state index contributed by atoms with van der Waals surface area (Å²) in [5.74, 6) is -0.140. The van der Waals surface area contributed by atoms with Crippen molar-refractivity contribution in [2.24, 2.45) is 0 Å². The van der Waals surface area contributed by atoms with Crippen molar-refractivity contribution in [3.8, 4) is 0 Å². The van der Waals surface area contributed by atoms with E-state index in [1.54, 1.807) is 0 Å². The van der Waals surface area contributed by atoms with Gasteiger partial charge in [0.25, 0.3) is 5.91 Å². The molecular formula is C31H26BF4N2O-. The molecule has 1 aliphatic heterocycles. The van der Waals surface area contributed by atoms with Gasteiger partial charge in [-0.15, -0.1) is 0 Å². The summed E-state index contributed by atoms with van der Waals surface area (Å²) in [6.45, 7) is 2.02. The largest absolute Gasteiger partial charge is 0.673 e. The Morgan fingerprint density at radius 1 is 0.718 bits per heavy atom. The number of carbonyl (C=O) groups excluding carboxylic acids is 1. The van der Waals surface area contributed by atoms with Gasteiger partial charge in [0.1, 0.15) is 0 Å². The summed E-state index contributed by atoms with van der Waals surface area (Å²) >= 11 is 0. The third-order valence-electron chi connectivity index (χ3n) is 6.02. The first-order chi connectivity index (χ1) is 18.7. The summed E-state index contributed by atoms with van der Waals surface area (Å²) in [7, 11) is -6.00. The Kier molecular flexibility index (Phi) is 8.66. The third-order valence-corrected chi connectivity index (χ3v) is 6.02. The van der Waals surface area contributed by atoms with E-state index in [9.17, 15) is 22.1 Å². The van der Waals surface area contributed by atoms with Crippen LogP contribution in [-0.4, -0.2) is 18.2 Å². The fraction of sp³-hybridized carbons (Fsp3) is 0.0645. The molecule has 4 aromatic carbocycles. The lowest BCUT2D eigenvalue weighted by Crippen LogP contribution is -2.44. The smallest absolute Gasteiger partial charge is 0.418 e. The number of halogens is 4. The Morgan fingerprint density at radius 2 is 1.21 bits per heavy atom. The molecule has 198 valence electrons. The van der Waals surface area contributed by atoms with Crippen LogP contribution in [0.15, 0.2) is 127 Å². The molecule has 1 N–H and O–H groups in total. The number of nitrogens with one attached hydrogen (secondary N) is 1. The van der Waals surface area contributed by atoms with Crippen LogP contribution < -0.4 is 5.43 Å². The van der Waals surface area contributed by atoms with E-state index in [-0.39, 0.29) is 11.9 Å². The number of benzene rings is 4. The van der Waals surface area contributed by atoms with E-state index >= 15 is 0 Å². The Bertz CT molecular complexity index is 1430. The van der Waals surface area contributed by atoms with Crippen LogP contribution in [0.25, 0.3) is 11.3 Å². The van der Waals surface area contributed by atoms with Gasteiger partial charge in [-0.05, 0) is 53.5 Å². The van der Waals surface area contributed by atoms with Crippen LogP contribution in [-0.2, 0) is 0 Å². The molecule has 0 spiro atoms.